The Morgan fingerprint density at radius 2 is 2.10 bits per heavy atom. The molecule has 0 bridgehead atoms. The van der Waals surface area contributed by atoms with Gasteiger partial charge in [-0.3, -0.25) is 0 Å². The van der Waals surface area contributed by atoms with Gasteiger partial charge in [-0.2, -0.15) is 4.31 Å². The summed E-state index contributed by atoms with van der Waals surface area (Å²) in [6.45, 7) is 2.80. The summed E-state index contributed by atoms with van der Waals surface area (Å²) in [5, 5.41) is 3.23. The summed E-state index contributed by atoms with van der Waals surface area (Å²) in [6, 6.07) is 3.41. The van der Waals surface area contributed by atoms with Gasteiger partial charge in [-0.1, -0.05) is 11.6 Å². The van der Waals surface area contributed by atoms with Gasteiger partial charge in [-0.15, -0.1) is 12.4 Å². The highest BCUT2D eigenvalue weighted by atomic mass is 35.5. The molecule has 0 amide bonds. The Balaban J connectivity index is 0.00000161. The van der Waals surface area contributed by atoms with Gasteiger partial charge < -0.3 is 5.32 Å². The number of rotatable bonds is 2. The number of benzene rings is 1. The van der Waals surface area contributed by atoms with Crippen molar-refractivity contribution >= 4 is 34.0 Å². The van der Waals surface area contributed by atoms with Gasteiger partial charge in [0.2, 0.25) is 10.0 Å². The zero-order chi connectivity index (χ0) is 14.4. The van der Waals surface area contributed by atoms with Crippen LogP contribution in [0.1, 0.15) is 12.8 Å². The molecule has 1 N–H and O–H groups in total. The summed E-state index contributed by atoms with van der Waals surface area (Å²) in [5.74, 6) is -0.535. The van der Waals surface area contributed by atoms with Crippen LogP contribution in [-0.2, 0) is 10.0 Å². The van der Waals surface area contributed by atoms with Crippen molar-refractivity contribution in [1.29, 1.82) is 0 Å². The Bertz CT molecular complexity index is 633. The predicted octanol–water partition coefficient (Wildman–Crippen LogP) is 2.28. The van der Waals surface area contributed by atoms with Crippen LogP contribution in [-0.4, -0.2) is 38.9 Å². The molecular formula is C13H17Cl2FN2O2S. The fourth-order valence-electron chi connectivity index (χ4n) is 3.07. The van der Waals surface area contributed by atoms with Gasteiger partial charge in [0.05, 0.1) is 5.02 Å². The molecule has 0 radical (unpaired) electrons. The third-order valence-corrected chi connectivity index (χ3v) is 6.58. The first-order valence-electron chi connectivity index (χ1n) is 6.59. The fraction of sp³-hybridized carbons (Fsp3) is 0.538. The third kappa shape index (κ3) is 3.05. The van der Waals surface area contributed by atoms with Gasteiger partial charge in [-0.25, -0.2) is 12.8 Å². The maximum atomic E-state index is 13.1. The van der Waals surface area contributed by atoms with Crippen molar-refractivity contribution < 1.29 is 12.8 Å². The Labute approximate surface area is 135 Å². The van der Waals surface area contributed by atoms with Crippen LogP contribution in [0, 0.1) is 11.2 Å². The molecule has 1 aromatic rings. The Morgan fingerprint density at radius 1 is 1.33 bits per heavy atom. The number of nitrogens with one attached hydrogen (secondary N) is 1. The van der Waals surface area contributed by atoms with Crippen LogP contribution in [0.2, 0.25) is 5.02 Å². The summed E-state index contributed by atoms with van der Waals surface area (Å²) < 4.78 is 39.7. The van der Waals surface area contributed by atoms with E-state index in [0.717, 1.165) is 38.1 Å². The number of halogens is 3. The van der Waals surface area contributed by atoms with Crippen LogP contribution >= 0.6 is 24.0 Å². The summed E-state index contributed by atoms with van der Waals surface area (Å²) >= 11 is 5.89. The summed E-state index contributed by atoms with van der Waals surface area (Å²) in [6.07, 6.45) is 1.86. The van der Waals surface area contributed by atoms with Crippen LogP contribution in [0.5, 0.6) is 0 Å². The molecule has 3 rings (SSSR count). The van der Waals surface area contributed by atoms with E-state index in [-0.39, 0.29) is 27.7 Å². The highest BCUT2D eigenvalue weighted by molar-refractivity contribution is 7.89. The normalized spacial score (nSPS) is 26.2. The molecule has 1 aromatic carbocycles. The van der Waals surface area contributed by atoms with Crippen molar-refractivity contribution in [3.8, 4) is 0 Å². The van der Waals surface area contributed by atoms with Gasteiger partial charge in [0, 0.05) is 19.6 Å². The van der Waals surface area contributed by atoms with E-state index in [4.69, 9.17) is 11.6 Å². The Morgan fingerprint density at radius 3 is 2.71 bits per heavy atom. The van der Waals surface area contributed by atoms with E-state index in [1.54, 1.807) is 0 Å². The Kier molecular flexibility index (Phi) is 4.85. The molecular weight excluding hydrogens is 338 g/mol. The van der Waals surface area contributed by atoms with Crippen molar-refractivity contribution in [3.05, 3.63) is 29.0 Å². The maximum Gasteiger partial charge on any atom is 0.244 e. The second kappa shape index (κ2) is 6.01. The minimum Gasteiger partial charge on any atom is -0.316 e. The lowest BCUT2D eigenvalue weighted by Gasteiger charge is -2.22. The van der Waals surface area contributed by atoms with Crippen molar-refractivity contribution in [3.63, 3.8) is 0 Å². The monoisotopic (exact) mass is 354 g/mol. The van der Waals surface area contributed by atoms with Crippen molar-refractivity contribution in [1.82, 2.24) is 9.62 Å². The standard InChI is InChI=1S/C13H16ClFN2O2S.ClH/c14-11-7-10(15)1-2-12(11)20(18,19)17-6-4-13(9-17)3-5-16-8-13;/h1-2,7,16H,3-6,8-9H2;1H. The lowest BCUT2D eigenvalue weighted by molar-refractivity contribution is 0.338. The highest BCUT2D eigenvalue weighted by Crippen LogP contribution is 2.39. The second-order valence-electron chi connectivity index (χ2n) is 5.59. The summed E-state index contributed by atoms with van der Waals surface area (Å²) in [5.41, 5.74) is 0.0551. The summed E-state index contributed by atoms with van der Waals surface area (Å²) in [7, 11) is -3.64. The smallest absolute Gasteiger partial charge is 0.244 e. The molecule has 1 atom stereocenters. The number of hydrogen-bond donors (Lipinski definition) is 1. The molecule has 2 saturated heterocycles. The first kappa shape index (κ1) is 17.0. The largest absolute Gasteiger partial charge is 0.316 e. The predicted molar refractivity (Wildman–Crippen MR) is 82.0 cm³/mol. The molecule has 2 aliphatic heterocycles. The molecule has 118 valence electrons. The molecule has 0 aliphatic carbocycles. The quantitative estimate of drug-likeness (QED) is 0.886. The van der Waals surface area contributed by atoms with Crippen LogP contribution < -0.4 is 5.32 Å². The van der Waals surface area contributed by atoms with E-state index in [2.05, 4.69) is 5.32 Å². The van der Waals surface area contributed by atoms with Crippen LogP contribution in [0.3, 0.4) is 0 Å². The maximum absolute atomic E-state index is 13.1. The highest BCUT2D eigenvalue weighted by Gasteiger charge is 2.44. The fourth-order valence-corrected chi connectivity index (χ4v) is 5.13. The number of nitrogens with zero attached hydrogens (tertiary/aromatic N) is 1. The van der Waals surface area contributed by atoms with E-state index >= 15 is 0 Å². The molecule has 2 heterocycles. The minimum absolute atomic E-state index is 0. The van der Waals surface area contributed by atoms with Gasteiger partial charge in [-0.05, 0) is 43.0 Å². The zero-order valence-electron chi connectivity index (χ0n) is 11.3. The van der Waals surface area contributed by atoms with Crippen molar-refractivity contribution in [2.75, 3.05) is 26.2 Å². The molecule has 21 heavy (non-hydrogen) atoms. The molecule has 1 unspecified atom stereocenters. The van der Waals surface area contributed by atoms with E-state index in [9.17, 15) is 12.8 Å². The van der Waals surface area contributed by atoms with Crippen LogP contribution in [0.15, 0.2) is 23.1 Å². The number of hydrogen-bond acceptors (Lipinski definition) is 3. The molecule has 2 fully saturated rings. The lowest BCUT2D eigenvalue weighted by atomic mass is 9.87. The first-order valence-corrected chi connectivity index (χ1v) is 8.41. The SMILES string of the molecule is Cl.O=S(=O)(c1ccc(F)cc1Cl)N1CCC2(CCNC2)C1. The molecule has 0 aromatic heterocycles. The van der Waals surface area contributed by atoms with Gasteiger partial charge in [0.15, 0.2) is 0 Å². The van der Waals surface area contributed by atoms with Gasteiger partial charge in [0.25, 0.3) is 0 Å². The summed E-state index contributed by atoms with van der Waals surface area (Å²) in [4.78, 5) is -0.0106. The molecule has 1 spiro atoms. The van der Waals surface area contributed by atoms with Gasteiger partial charge in [0.1, 0.15) is 10.7 Å². The van der Waals surface area contributed by atoms with E-state index < -0.39 is 15.8 Å². The molecule has 2 aliphatic rings. The van der Waals surface area contributed by atoms with Crippen LogP contribution in [0.25, 0.3) is 0 Å². The minimum atomic E-state index is -3.64. The average Bonchev–Trinajstić information content (AvgIpc) is 3.00. The van der Waals surface area contributed by atoms with Crippen molar-refractivity contribution in [2.24, 2.45) is 5.41 Å². The number of sulfonamides is 1. The van der Waals surface area contributed by atoms with Gasteiger partial charge >= 0.3 is 0 Å². The average molecular weight is 355 g/mol. The molecule has 8 heteroatoms. The third-order valence-electron chi connectivity index (χ3n) is 4.25. The Hall–Kier alpha value is -0.400. The first-order chi connectivity index (χ1) is 9.43. The molecule has 0 saturated carbocycles. The zero-order valence-corrected chi connectivity index (χ0v) is 13.7. The van der Waals surface area contributed by atoms with E-state index in [1.165, 1.54) is 10.4 Å². The molecule has 4 nitrogen and oxygen atoms in total. The lowest BCUT2D eigenvalue weighted by Crippen LogP contribution is -2.33. The van der Waals surface area contributed by atoms with Crippen LogP contribution in [0.4, 0.5) is 4.39 Å². The van der Waals surface area contributed by atoms with E-state index in [1.807, 2.05) is 0 Å². The topological polar surface area (TPSA) is 49.4 Å². The van der Waals surface area contributed by atoms with Crippen molar-refractivity contribution in [2.45, 2.75) is 17.7 Å². The second-order valence-corrected chi connectivity index (χ2v) is 7.90. The van der Waals surface area contributed by atoms with E-state index in [0.29, 0.717) is 13.1 Å².